The second-order valence-corrected chi connectivity index (χ2v) is 10.1. The number of hydrogen-bond donors (Lipinski definition) is 1. The Morgan fingerprint density at radius 3 is 2.86 bits per heavy atom. The first-order chi connectivity index (χ1) is 14.2. The van der Waals surface area contributed by atoms with E-state index in [2.05, 4.69) is 26.6 Å². The van der Waals surface area contributed by atoms with Crippen LogP contribution in [0.4, 0.5) is 5.13 Å². The number of amides is 1. The van der Waals surface area contributed by atoms with E-state index in [0.717, 1.165) is 25.3 Å². The summed E-state index contributed by atoms with van der Waals surface area (Å²) in [5, 5.41) is 14.2. The third-order valence-corrected chi connectivity index (χ3v) is 8.01. The summed E-state index contributed by atoms with van der Waals surface area (Å²) in [6.07, 6.45) is 0. The minimum absolute atomic E-state index is 0.210. The predicted molar refractivity (Wildman–Crippen MR) is 119 cm³/mol. The van der Waals surface area contributed by atoms with Crippen molar-refractivity contribution >= 4 is 67.0 Å². The lowest BCUT2D eigenvalue weighted by Crippen LogP contribution is -2.10. The molecule has 0 bridgehead atoms. The number of thiazole rings is 1. The van der Waals surface area contributed by atoms with Gasteiger partial charge in [0.15, 0.2) is 20.9 Å². The lowest BCUT2D eigenvalue weighted by atomic mass is 10.3. The van der Waals surface area contributed by atoms with Crippen molar-refractivity contribution in [2.24, 2.45) is 0 Å². The summed E-state index contributed by atoms with van der Waals surface area (Å²) in [5.41, 5.74) is 0.913. The number of carbonyl (C=O) groups is 1. The topological polar surface area (TPSA) is 80.9 Å². The maximum absolute atomic E-state index is 12.5. The van der Waals surface area contributed by atoms with Crippen LogP contribution in [0.3, 0.4) is 0 Å². The molecule has 0 aliphatic rings. The van der Waals surface area contributed by atoms with Crippen molar-refractivity contribution in [2.45, 2.75) is 10.1 Å². The lowest BCUT2D eigenvalue weighted by molar-refractivity contribution is 0.0997. The van der Waals surface area contributed by atoms with E-state index in [1.165, 1.54) is 27.6 Å². The molecule has 0 unspecified atom stereocenters. The molecule has 4 aromatic heterocycles. The van der Waals surface area contributed by atoms with E-state index in [-0.39, 0.29) is 11.7 Å². The van der Waals surface area contributed by atoms with Crippen molar-refractivity contribution in [3.63, 3.8) is 0 Å². The van der Waals surface area contributed by atoms with Gasteiger partial charge in [0.05, 0.1) is 10.2 Å². The number of benzene rings is 1. The van der Waals surface area contributed by atoms with Gasteiger partial charge in [-0.1, -0.05) is 41.3 Å². The van der Waals surface area contributed by atoms with Gasteiger partial charge in [-0.2, -0.15) is 0 Å². The molecular formula is C19H12N4O2S4. The monoisotopic (exact) mass is 456 g/mol. The molecule has 144 valence electrons. The third kappa shape index (κ3) is 4.10. The van der Waals surface area contributed by atoms with Crippen LogP contribution in [-0.4, -0.2) is 21.1 Å². The molecule has 0 radical (unpaired) electrons. The van der Waals surface area contributed by atoms with Gasteiger partial charge in [0.1, 0.15) is 0 Å². The molecule has 6 nitrogen and oxygen atoms in total. The minimum atomic E-state index is -0.358. The number of para-hydroxylation sites is 1. The number of rotatable bonds is 6. The summed E-state index contributed by atoms with van der Waals surface area (Å²) in [7, 11) is 0. The SMILES string of the molecule is O=C(Nc1nnc(SCc2cccs2)s1)c1ccc(-c2nc3ccccc3s2)o1. The molecule has 1 aromatic carbocycles. The Morgan fingerprint density at radius 1 is 1.07 bits per heavy atom. The van der Waals surface area contributed by atoms with E-state index < -0.39 is 0 Å². The second kappa shape index (κ2) is 8.07. The van der Waals surface area contributed by atoms with Gasteiger partial charge < -0.3 is 4.42 Å². The first-order valence-electron chi connectivity index (χ1n) is 8.50. The number of carbonyl (C=O) groups excluding carboxylic acids is 1. The van der Waals surface area contributed by atoms with E-state index in [9.17, 15) is 4.79 Å². The van der Waals surface area contributed by atoms with E-state index in [1.54, 1.807) is 35.2 Å². The number of fused-ring (bicyclic) bond motifs is 1. The molecule has 5 rings (SSSR count). The Kier molecular flexibility index (Phi) is 5.15. The van der Waals surface area contributed by atoms with Gasteiger partial charge in [-0.05, 0) is 35.7 Å². The standard InChI is InChI=1S/C19H12N4O2S4/c24-16(21-18-22-23-19(29-18)27-10-11-4-3-9-26-11)13-7-8-14(25-13)17-20-12-5-1-2-6-15(12)28-17/h1-9H,10H2,(H,21,22,24). The van der Waals surface area contributed by atoms with Gasteiger partial charge in [-0.3, -0.25) is 10.1 Å². The number of aromatic nitrogens is 3. The highest BCUT2D eigenvalue weighted by Crippen LogP contribution is 2.32. The molecule has 0 atom stereocenters. The number of nitrogens with zero attached hydrogens (tertiary/aromatic N) is 3. The van der Waals surface area contributed by atoms with Gasteiger partial charge in [-0.25, -0.2) is 4.98 Å². The first-order valence-corrected chi connectivity index (χ1v) is 12.0. The van der Waals surface area contributed by atoms with Crippen molar-refractivity contribution in [1.29, 1.82) is 0 Å². The molecule has 0 saturated carbocycles. The Hall–Kier alpha value is -2.53. The molecule has 0 fully saturated rings. The number of thiophene rings is 1. The molecule has 29 heavy (non-hydrogen) atoms. The molecule has 0 aliphatic carbocycles. The Morgan fingerprint density at radius 2 is 2.00 bits per heavy atom. The zero-order chi connectivity index (χ0) is 19.6. The third-order valence-electron chi connectivity index (χ3n) is 3.88. The van der Waals surface area contributed by atoms with Crippen molar-refractivity contribution in [1.82, 2.24) is 15.2 Å². The molecule has 5 aromatic rings. The Balaban J connectivity index is 1.25. The summed E-state index contributed by atoms with van der Waals surface area (Å²) in [4.78, 5) is 18.3. The van der Waals surface area contributed by atoms with Gasteiger partial charge in [0.25, 0.3) is 5.91 Å². The van der Waals surface area contributed by atoms with E-state index >= 15 is 0 Å². The summed E-state index contributed by atoms with van der Waals surface area (Å²) >= 11 is 6.18. The average molecular weight is 457 g/mol. The van der Waals surface area contributed by atoms with E-state index in [4.69, 9.17) is 4.42 Å². The zero-order valence-electron chi connectivity index (χ0n) is 14.7. The average Bonchev–Trinajstić information content (AvgIpc) is 3.53. The summed E-state index contributed by atoms with van der Waals surface area (Å²) in [6.45, 7) is 0. The Bertz CT molecular complexity index is 1240. The summed E-state index contributed by atoms with van der Waals surface area (Å²) in [6, 6.07) is 15.4. The van der Waals surface area contributed by atoms with Crippen molar-refractivity contribution in [3.05, 3.63) is 64.5 Å². The van der Waals surface area contributed by atoms with Crippen LogP contribution >= 0.6 is 45.8 Å². The molecule has 0 aliphatic heterocycles. The van der Waals surface area contributed by atoms with Crippen LogP contribution in [0.1, 0.15) is 15.4 Å². The number of hydrogen-bond acceptors (Lipinski definition) is 9. The van der Waals surface area contributed by atoms with E-state index in [0.29, 0.717) is 10.9 Å². The molecule has 1 N–H and O–H groups in total. The van der Waals surface area contributed by atoms with Crippen molar-refractivity contribution in [2.75, 3.05) is 5.32 Å². The van der Waals surface area contributed by atoms with Crippen LogP contribution in [-0.2, 0) is 5.75 Å². The van der Waals surface area contributed by atoms with Crippen LogP contribution in [0, 0.1) is 0 Å². The molecule has 10 heteroatoms. The maximum Gasteiger partial charge on any atom is 0.293 e. The highest BCUT2D eigenvalue weighted by molar-refractivity contribution is 8.00. The Labute approximate surface area is 181 Å². The van der Waals surface area contributed by atoms with E-state index in [1.807, 2.05) is 35.7 Å². The predicted octanol–water partition coefficient (Wildman–Crippen LogP) is 6.01. The summed E-state index contributed by atoms with van der Waals surface area (Å²) in [5.74, 6) is 1.26. The number of furan rings is 1. The first kappa shape index (κ1) is 18.5. The largest absolute Gasteiger partial charge is 0.448 e. The quantitative estimate of drug-likeness (QED) is 0.249. The van der Waals surface area contributed by atoms with Crippen molar-refractivity contribution in [3.8, 4) is 10.8 Å². The fraction of sp³-hybridized carbons (Fsp3) is 0.0526. The number of thioether (sulfide) groups is 1. The number of anilines is 1. The summed E-state index contributed by atoms with van der Waals surface area (Å²) < 4.78 is 7.61. The maximum atomic E-state index is 12.5. The van der Waals surface area contributed by atoms with Crippen molar-refractivity contribution < 1.29 is 9.21 Å². The highest BCUT2D eigenvalue weighted by Gasteiger charge is 2.17. The molecule has 0 spiro atoms. The molecule has 4 heterocycles. The normalized spacial score (nSPS) is 11.2. The van der Waals surface area contributed by atoms with Crippen LogP contribution < -0.4 is 5.32 Å². The van der Waals surface area contributed by atoms with Gasteiger partial charge >= 0.3 is 0 Å². The van der Waals surface area contributed by atoms with Crippen LogP contribution in [0.2, 0.25) is 0 Å². The minimum Gasteiger partial charge on any atom is -0.448 e. The molecule has 1 amide bonds. The highest BCUT2D eigenvalue weighted by atomic mass is 32.2. The second-order valence-electron chi connectivity index (χ2n) is 5.85. The van der Waals surface area contributed by atoms with Crippen LogP contribution in [0.25, 0.3) is 21.0 Å². The van der Waals surface area contributed by atoms with Crippen LogP contribution in [0.15, 0.2) is 62.7 Å². The van der Waals surface area contributed by atoms with Gasteiger partial charge in [0.2, 0.25) is 5.13 Å². The zero-order valence-corrected chi connectivity index (χ0v) is 18.0. The van der Waals surface area contributed by atoms with Gasteiger partial charge in [0, 0.05) is 10.6 Å². The molecule has 0 saturated heterocycles. The number of nitrogens with one attached hydrogen (secondary N) is 1. The lowest BCUT2D eigenvalue weighted by Gasteiger charge is -1.96. The fourth-order valence-electron chi connectivity index (χ4n) is 2.56. The molecular weight excluding hydrogens is 445 g/mol. The van der Waals surface area contributed by atoms with Crippen LogP contribution in [0.5, 0.6) is 0 Å². The smallest absolute Gasteiger partial charge is 0.293 e. The van der Waals surface area contributed by atoms with Gasteiger partial charge in [-0.15, -0.1) is 32.9 Å². The fourth-order valence-corrected chi connectivity index (χ4v) is 6.01.